The standard InChI is InChI=1S/C16H13N5OS2/c17-9-11-3-5-12(6-4-11)18-15(22)10-24-16-19-14(20-21-16)8-13-2-1-7-23-13/h1-7H,8,10H2,(H,18,22)(H,19,20,21). The predicted molar refractivity (Wildman–Crippen MR) is 94.0 cm³/mol. The molecule has 0 saturated carbocycles. The smallest absolute Gasteiger partial charge is 0.234 e. The first-order chi connectivity index (χ1) is 11.7. The normalized spacial score (nSPS) is 10.3. The van der Waals surface area contributed by atoms with Crippen LogP contribution in [0, 0.1) is 11.3 Å². The molecule has 0 unspecified atom stereocenters. The Morgan fingerprint density at radius 3 is 2.88 bits per heavy atom. The molecule has 2 heterocycles. The van der Waals surface area contributed by atoms with Crippen LogP contribution in [0.4, 0.5) is 5.69 Å². The predicted octanol–water partition coefficient (Wildman–Crippen LogP) is 3.06. The lowest BCUT2D eigenvalue weighted by Crippen LogP contribution is -2.14. The molecule has 24 heavy (non-hydrogen) atoms. The number of aromatic amines is 1. The molecule has 120 valence electrons. The van der Waals surface area contributed by atoms with E-state index in [0.29, 0.717) is 22.8 Å². The minimum atomic E-state index is -0.144. The number of aromatic nitrogens is 3. The molecule has 0 radical (unpaired) electrons. The summed E-state index contributed by atoms with van der Waals surface area (Å²) in [7, 11) is 0. The summed E-state index contributed by atoms with van der Waals surface area (Å²) in [5.41, 5.74) is 1.22. The SMILES string of the molecule is N#Cc1ccc(NC(=O)CSc2n[nH]c(Cc3cccs3)n2)cc1. The number of amides is 1. The van der Waals surface area contributed by atoms with Crippen LogP contribution < -0.4 is 5.32 Å². The number of benzene rings is 1. The van der Waals surface area contributed by atoms with Crippen LogP contribution in [-0.2, 0) is 11.2 Å². The average Bonchev–Trinajstić information content (AvgIpc) is 3.26. The fraction of sp³-hybridized carbons (Fsp3) is 0.125. The van der Waals surface area contributed by atoms with E-state index >= 15 is 0 Å². The van der Waals surface area contributed by atoms with Crippen molar-refractivity contribution in [1.29, 1.82) is 5.26 Å². The van der Waals surface area contributed by atoms with Gasteiger partial charge in [-0.05, 0) is 35.7 Å². The van der Waals surface area contributed by atoms with E-state index in [9.17, 15) is 4.79 Å². The summed E-state index contributed by atoms with van der Waals surface area (Å²) in [6.45, 7) is 0. The third kappa shape index (κ3) is 4.44. The third-order valence-corrected chi connectivity index (χ3v) is 4.79. The van der Waals surface area contributed by atoms with Crippen LogP contribution in [0.1, 0.15) is 16.3 Å². The second-order valence-corrected chi connectivity index (χ2v) is 6.82. The zero-order valence-corrected chi connectivity index (χ0v) is 14.2. The molecular formula is C16H13N5OS2. The summed E-state index contributed by atoms with van der Waals surface area (Å²) >= 11 is 2.94. The van der Waals surface area contributed by atoms with Crippen LogP contribution in [-0.4, -0.2) is 26.8 Å². The number of H-pyrrole nitrogens is 1. The largest absolute Gasteiger partial charge is 0.325 e. The van der Waals surface area contributed by atoms with Gasteiger partial charge in [-0.15, -0.1) is 16.4 Å². The van der Waals surface area contributed by atoms with Crippen LogP contribution in [0.15, 0.2) is 46.9 Å². The Labute approximate surface area is 146 Å². The molecule has 6 nitrogen and oxygen atoms in total. The molecule has 0 saturated heterocycles. The van der Waals surface area contributed by atoms with Gasteiger partial charge in [0.2, 0.25) is 11.1 Å². The van der Waals surface area contributed by atoms with Crippen molar-refractivity contribution in [2.24, 2.45) is 0 Å². The molecule has 1 aromatic carbocycles. The number of nitrogens with one attached hydrogen (secondary N) is 2. The summed E-state index contributed by atoms with van der Waals surface area (Å²) in [5.74, 6) is 0.859. The van der Waals surface area contributed by atoms with Crippen molar-refractivity contribution >= 4 is 34.7 Å². The van der Waals surface area contributed by atoms with Crippen molar-refractivity contribution in [3.63, 3.8) is 0 Å². The average molecular weight is 355 g/mol. The molecule has 2 aromatic heterocycles. The minimum Gasteiger partial charge on any atom is -0.325 e. The molecule has 0 aliphatic rings. The first kappa shape index (κ1) is 16.2. The highest BCUT2D eigenvalue weighted by Gasteiger charge is 2.09. The van der Waals surface area contributed by atoms with Crippen LogP contribution in [0.5, 0.6) is 0 Å². The molecule has 0 fully saturated rings. The zero-order chi connectivity index (χ0) is 16.8. The highest BCUT2D eigenvalue weighted by atomic mass is 32.2. The Morgan fingerprint density at radius 2 is 2.17 bits per heavy atom. The van der Waals surface area contributed by atoms with E-state index in [2.05, 4.69) is 20.5 Å². The first-order valence-electron chi connectivity index (χ1n) is 7.09. The molecule has 0 aliphatic heterocycles. The van der Waals surface area contributed by atoms with Gasteiger partial charge >= 0.3 is 0 Å². The van der Waals surface area contributed by atoms with E-state index < -0.39 is 0 Å². The van der Waals surface area contributed by atoms with Crippen molar-refractivity contribution in [3.05, 3.63) is 58.0 Å². The van der Waals surface area contributed by atoms with Crippen molar-refractivity contribution in [1.82, 2.24) is 15.2 Å². The zero-order valence-electron chi connectivity index (χ0n) is 12.5. The maximum atomic E-state index is 11.9. The molecule has 0 aliphatic carbocycles. The molecule has 0 atom stereocenters. The number of rotatable bonds is 6. The number of hydrogen-bond acceptors (Lipinski definition) is 6. The van der Waals surface area contributed by atoms with Crippen LogP contribution >= 0.6 is 23.1 Å². The van der Waals surface area contributed by atoms with Gasteiger partial charge in [-0.25, -0.2) is 4.98 Å². The summed E-state index contributed by atoms with van der Waals surface area (Å²) in [4.78, 5) is 17.5. The van der Waals surface area contributed by atoms with Crippen molar-refractivity contribution in [3.8, 4) is 6.07 Å². The summed E-state index contributed by atoms with van der Waals surface area (Å²) in [6.07, 6.45) is 0.711. The monoisotopic (exact) mass is 355 g/mol. The number of carbonyl (C=O) groups is 1. The van der Waals surface area contributed by atoms with Gasteiger partial charge in [0.15, 0.2) is 0 Å². The van der Waals surface area contributed by atoms with Gasteiger partial charge in [0.1, 0.15) is 5.82 Å². The maximum Gasteiger partial charge on any atom is 0.234 e. The second kappa shape index (κ2) is 7.77. The van der Waals surface area contributed by atoms with Gasteiger partial charge in [-0.3, -0.25) is 9.89 Å². The van der Waals surface area contributed by atoms with E-state index in [1.807, 2.05) is 23.6 Å². The number of nitrogens with zero attached hydrogens (tertiary/aromatic N) is 3. The van der Waals surface area contributed by atoms with E-state index in [4.69, 9.17) is 5.26 Å². The quantitative estimate of drug-likeness (QED) is 0.663. The highest BCUT2D eigenvalue weighted by molar-refractivity contribution is 7.99. The summed E-state index contributed by atoms with van der Waals surface area (Å²) in [5, 5.41) is 21.1. The van der Waals surface area contributed by atoms with E-state index in [1.54, 1.807) is 35.6 Å². The topological polar surface area (TPSA) is 94.5 Å². The van der Waals surface area contributed by atoms with Crippen molar-refractivity contribution in [2.75, 3.05) is 11.1 Å². The Balaban J connectivity index is 1.49. The number of anilines is 1. The molecule has 8 heteroatoms. The number of nitriles is 1. The molecule has 2 N–H and O–H groups in total. The molecule has 0 bridgehead atoms. The van der Waals surface area contributed by atoms with Gasteiger partial charge in [-0.2, -0.15) is 5.26 Å². The third-order valence-electron chi connectivity index (χ3n) is 3.06. The highest BCUT2D eigenvalue weighted by Crippen LogP contribution is 2.17. The molecule has 3 rings (SSSR count). The van der Waals surface area contributed by atoms with Crippen molar-refractivity contribution in [2.45, 2.75) is 11.6 Å². The van der Waals surface area contributed by atoms with Gasteiger partial charge in [0.25, 0.3) is 0 Å². The lowest BCUT2D eigenvalue weighted by Gasteiger charge is -2.03. The number of carbonyl (C=O) groups excluding carboxylic acids is 1. The fourth-order valence-electron chi connectivity index (χ4n) is 1.95. The summed E-state index contributed by atoms with van der Waals surface area (Å²) < 4.78 is 0. The van der Waals surface area contributed by atoms with E-state index in [1.165, 1.54) is 16.6 Å². The van der Waals surface area contributed by atoms with Crippen molar-refractivity contribution < 1.29 is 4.79 Å². The Kier molecular flexibility index (Phi) is 5.25. The van der Waals surface area contributed by atoms with Gasteiger partial charge in [-0.1, -0.05) is 17.8 Å². The first-order valence-corrected chi connectivity index (χ1v) is 8.96. The van der Waals surface area contributed by atoms with Gasteiger partial charge in [0.05, 0.1) is 17.4 Å². The van der Waals surface area contributed by atoms with Crippen LogP contribution in [0.3, 0.4) is 0 Å². The minimum absolute atomic E-state index is 0.144. The lowest BCUT2D eigenvalue weighted by atomic mass is 10.2. The summed E-state index contributed by atoms with van der Waals surface area (Å²) in [6, 6.07) is 12.8. The van der Waals surface area contributed by atoms with Gasteiger partial charge < -0.3 is 5.32 Å². The number of thioether (sulfide) groups is 1. The number of hydrogen-bond donors (Lipinski definition) is 2. The van der Waals surface area contributed by atoms with E-state index in [0.717, 1.165) is 5.82 Å². The molecule has 0 spiro atoms. The Morgan fingerprint density at radius 1 is 1.33 bits per heavy atom. The Bertz CT molecular complexity index is 849. The van der Waals surface area contributed by atoms with Gasteiger partial charge in [0, 0.05) is 17.0 Å². The van der Waals surface area contributed by atoms with Crippen LogP contribution in [0.2, 0.25) is 0 Å². The molecule has 3 aromatic rings. The second-order valence-electron chi connectivity index (χ2n) is 4.85. The maximum absolute atomic E-state index is 11.9. The fourth-order valence-corrected chi connectivity index (χ4v) is 3.28. The lowest BCUT2D eigenvalue weighted by molar-refractivity contribution is -0.113. The van der Waals surface area contributed by atoms with Crippen LogP contribution in [0.25, 0.3) is 0 Å². The van der Waals surface area contributed by atoms with E-state index in [-0.39, 0.29) is 11.7 Å². The Hall–Kier alpha value is -2.63. The molecular weight excluding hydrogens is 342 g/mol. The number of thiophene rings is 1. The molecule has 1 amide bonds.